The van der Waals surface area contributed by atoms with Crippen molar-refractivity contribution in [1.82, 2.24) is 5.43 Å². The number of carbonyl (C=O) groups is 1. The van der Waals surface area contributed by atoms with Gasteiger partial charge in [0, 0.05) is 5.56 Å². The third-order valence-electron chi connectivity index (χ3n) is 2.84. The molecule has 0 spiro atoms. The topological polar surface area (TPSA) is 130 Å². The summed E-state index contributed by atoms with van der Waals surface area (Å²) in [5, 5.41) is 2.90. The molecule has 1 aliphatic heterocycles. The van der Waals surface area contributed by atoms with E-state index in [1.54, 1.807) is 6.07 Å². The van der Waals surface area contributed by atoms with Crippen molar-refractivity contribution in [1.29, 1.82) is 0 Å². The summed E-state index contributed by atoms with van der Waals surface area (Å²) in [4.78, 5) is 11.9. The highest BCUT2D eigenvalue weighted by atomic mass is 32.2. The van der Waals surface area contributed by atoms with E-state index in [1.165, 1.54) is 18.2 Å². The third kappa shape index (κ3) is 3.33. The van der Waals surface area contributed by atoms with Crippen LogP contribution in [0, 0.1) is 0 Å². The summed E-state index contributed by atoms with van der Waals surface area (Å²) < 4.78 is 47.2. The van der Waals surface area contributed by atoms with Gasteiger partial charge in [-0.2, -0.15) is 5.10 Å². The van der Waals surface area contributed by atoms with E-state index >= 15 is 0 Å². The molecule has 1 aromatic carbocycles. The van der Waals surface area contributed by atoms with Gasteiger partial charge < -0.3 is 18.4 Å². The Labute approximate surface area is 130 Å². The predicted octanol–water partition coefficient (Wildman–Crippen LogP) is 0.676. The Bertz CT molecular complexity index is 885. The van der Waals surface area contributed by atoms with Crippen LogP contribution < -0.4 is 14.9 Å². The van der Waals surface area contributed by atoms with Gasteiger partial charge in [0.2, 0.25) is 11.9 Å². The number of hydrogen-bond donors (Lipinski definition) is 1. The number of hydrazone groups is 1. The molecule has 0 bridgehead atoms. The Morgan fingerprint density at radius 3 is 2.74 bits per heavy atom. The molecule has 23 heavy (non-hydrogen) atoms. The minimum absolute atomic E-state index is 0.00501. The highest BCUT2D eigenvalue weighted by Gasteiger charge is 2.15. The zero-order valence-electron chi connectivity index (χ0n) is 11.4. The zero-order valence-corrected chi connectivity index (χ0v) is 12.2. The van der Waals surface area contributed by atoms with Crippen molar-refractivity contribution in [2.45, 2.75) is 5.09 Å². The van der Waals surface area contributed by atoms with E-state index in [2.05, 4.69) is 10.5 Å². The molecule has 2 heterocycles. The number of furan rings is 1. The SMILES string of the molecule is O=C(NN=Cc1ccc(S(=O)(=O)[O-])o1)c1ccc2c(c1)OCO2. The average molecular weight is 337 g/mol. The molecule has 120 valence electrons. The normalized spacial score (nSPS) is 13.4. The van der Waals surface area contributed by atoms with Gasteiger partial charge in [-0.1, -0.05) is 0 Å². The second-order valence-corrected chi connectivity index (χ2v) is 5.69. The Morgan fingerprint density at radius 1 is 1.22 bits per heavy atom. The summed E-state index contributed by atoms with van der Waals surface area (Å²) >= 11 is 0. The fraction of sp³-hybridized carbons (Fsp3) is 0.0769. The van der Waals surface area contributed by atoms with Crippen LogP contribution in [-0.2, 0) is 10.1 Å². The monoisotopic (exact) mass is 337 g/mol. The Hall–Kier alpha value is -2.85. The highest BCUT2D eigenvalue weighted by molar-refractivity contribution is 7.85. The smallest absolute Gasteiger partial charge is 0.271 e. The molecule has 10 heteroatoms. The first-order valence-electron chi connectivity index (χ1n) is 6.22. The Balaban J connectivity index is 1.66. The van der Waals surface area contributed by atoms with Crippen LogP contribution in [0.4, 0.5) is 0 Å². The van der Waals surface area contributed by atoms with Gasteiger partial charge >= 0.3 is 0 Å². The number of amides is 1. The molecule has 0 unspecified atom stereocenters. The maximum Gasteiger partial charge on any atom is 0.271 e. The zero-order chi connectivity index (χ0) is 16.4. The second-order valence-electron chi connectivity index (χ2n) is 4.38. The van der Waals surface area contributed by atoms with Crippen molar-refractivity contribution in [3.63, 3.8) is 0 Å². The molecule has 2 aromatic rings. The molecule has 1 aromatic heterocycles. The van der Waals surface area contributed by atoms with Crippen molar-refractivity contribution < 1.29 is 31.7 Å². The van der Waals surface area contributed by atoms with Gasteiger partial charge in [-0.05, 0) is 30.3 Å². The van der Waals surface area contributed by atoms with E-state index in [0.717, 1.165) is 12.3 Å². The third-order valence-corrected chi connectivity index (χ3v) is 3.55. The molecule has 0 radical (unpaired) electrons. The van der Waals surface area contributed by atoms with E-state index in [1.807, 2.05) is 0 Å². The van der Waals surface area contributed by atoms with Gasteiger partial charge in [-0.15, -0.1) is 0 Å². The second kappa shape index (κ2) is 5.74. The number of fused-ring (bicyclic) bond motifs is 1. The quantitative estimate of drug-likeness (QED) is 0.493. The van der Waals surface area contributed by atoms with Crippen LogP contribution in [0.5, 0.6) is 11.5 Å². The van der Waals surface area contributed by atoms with E-state index in [-0.39, 0.29) is 12.6 Å². The van der Waals surface area contributed by atoms with Gasteiger partial charge in [0.1, 0.15) is 5.76 Å². The van der Waals surface area contributed by atoms with Crippen molar-refractivity contribution in [2.75, 3.05) is 6.79 Å². The summed E-state index contributed by atoms with van der Waals surface area (Å²) in [7, 11) is -4.66. The first-order chi connectivity index (χ1) is 10.9. The highest BCUT2D eigenvalue weighted by Crippen LogP contribution is 2.32. The summed E-state index contributed by atoms with van der Waals surface area (Å²) in [5.41, 5.74) is 2.53. The number of hydrogen-bond acceptors (Lipinski definition) is 8. The van der Waals surface area contributed by atoms with E-state index in [4.69, 9.17) is 13.9 Å². The minimum Gasteiger partial charge on any atom is -0.742 e. The van der Waals surface area contributed by atoms with Crippen LogP contribution in [-0.4, -0.2) is 31.9 Å². The lowest BCUT2D eigenvalue weighted by molar-refractivity contribution is 0.0954. The molecule has 1 aliphatic rings. The summed E-state index contributed by atoms with van der Waals surface area (Å²) in [6.45, 7) is 0.0992. The lowest BCUT2D eigenvalue weighted by Gasteiger charge is -2.01. The van der Waals surface area contributed by atoms with Crippen LogP contribution in [0.3, 0.4) is 0 Å². The van der Waals surface area contributed by atoms with Crippen LogP contribution in [0.1, 0.15) is 16.1 Å². The molecule has 1 amide bonds. The van der Waals surface area contributed by atoms with Crippen LogP contribution in [0.2, 0.25) is 0 Å². The molecule has 0 aliphatic carbocycles. The predicted molar refractivity (Wildman–Crippen MR) is 74.3 cm³/mol. The molecule has 9 nitrogen and oxygen atoms in total. The molecular weight excluding hydrogens is 328 g/mol. The fourth-order valence-corrected chi connectivity index (χ4v) is 2.23. The average Bonchev–Trinajstić information content (AvgIpc) is 3.14. The molecule has 0 fully saturated rings. The van der Waals surface area contributed by atoms with E-state index in [9.17, 15) is 17.8 Å². The maximum absolute atomic E-state index is 11.9. The van der Waals surface area contributed by atoms with Crippen molar-refractivity contribution in [3.05, 3.63) is 41.7 Å². The number of ether oxygens (including phenoxy) is 2. The molecule has 0 saturated carbocycles. The van der Waals surface area contributed by atoms with Gasteiger partial charge in [-0.25, -0.2) is 13.8 Å². The number of benzene rings is 1. The van der Waals surface area contributed by atoms with Gasteiger partial charge in [-0.3, -0.25) is 4.79 Å². The van der Waals surface area contributed by atoms with Crippen LogP contribution >= 0.6 is 0 Å². The van der Waals surface area contributed by atoms with Crippen molar-refractivity contribution >= 4 is 22.2 Å². The fourth-order valence-electron chi connectivity index (χ4n) is 1.79. The number of rotatable bonds is 4. The standard InChI is InChI=1S/C13H10N2O7S/c16-13(8-1-3-10-11(5-8)21-7-20-10)15-14-6-9-2-4-12(22-9)23(17,18)19/h1-6H,7H2,(H,15,16)(H,17,18,19)/p-1. The van der Waals surface area contributed by atoms with Gasteiger partial charge in [0.05, 0.1) is 6.21 Å². The van der Waals surface area contributed by atoms with E-state index < -0.39 is 21.1 Å². The maximum atomic E-state index is 11.9. The number of nitrogens with zero attached hydrogens (tertiary/aromatic N) is 1. The first kappa shape index (κ1) is 15.1. The van der Waals surface area contributed by atoms with Crippen molar-refractivity contribution in [2.24, 2.45) is 5.10 Å². The molecule has 1 N–H and O–H groups in total. The minimum atomic E-state index is -4.66. The number of nitrogens with one attached hydrogen (secondary N) is 1. The van der Waals surface area contributed by atoms with Crippen molar-refractivity contribution in [3.8, 4) is 11.5 Å². The lowest BCUT2D eigenvalue weighted by atomic mass is 10.2. The summed E-state index contributed by atoms with van der Waals surface area (Å²) in [5.74, 6) is 0.498. The molecular formula is C13H9N2O7S-. The van der Waals surface area contributed by atoms with Crippen LogP contribution in [0.15, 0.2) is 44.9 Å². The van der Waals surface area contributed by atoms with E-state index in [0.29, 0.717) is 17.1 Å². The number of carbonyl (C=O) groups excluding carboxylic acids is 1. The Kier molecular flexibility index (Phi) is 3.76. The molecule has 0 saturated heterocycles. The lowest BCUT2D eigenvalue weighted by Crippen LogP contribution is -2.17. The molecule has 0 atom stereocenters. The Morgan fingerprint density at radius 2 is 2.00 bits per heavy atom. The molecule has 3 rings (SSSR count). The van der Waals surface area contributed by atoms with Gasteiger partial charge in [0.25, 0.3) is 5.91 Å². The summed E-state index contributed by atoms with van der Waals surface area (Å²) in [6.07, 6.45) is 1.07. The summed E-state index contributed by atoms with van der Waals surface area (Å²) in [6, 6.07) is 6.87. The first-order valence-corrected chi connectivity index (χ1v) is 7.63. The largest absolute Gasteiger partial charge is 0.742 e. The van der Waals surface area contributed by atoms with Gasteiger partial charge in [0.15, 0.2) is 21.6 Å². The van der Waals surface area contributed by atoms with Crippen LogP contribution in [0.25, 0.3) is 0 Å².